The maximum absolute atomic E-state index is 14.2. The highest BCUT2D eigenvalue weighted by molar-refractivity contribution is 7.90. The largest absolute Gasteiger partial charge is 0.472 e. The van der Waals surface area contributed by atoms with Crippen molar-refractivity contribution in [3.8, 4) is 5.88 Å². The van der Waals surface area contributed by atoms with Gasteiger partial charge in [-0.3, -0.25) is 19.1 Å². The van der Waals surface area contributed by atoms with Crippen LogP contribution in [0, 0.1) is 5.92 Å². The number of carbonyl (C=O) groups is 4. The van der Waals surface area contributed by atoms with E-state index in [1.807, 2.05) is 25.1 Å². The quantitative estimate of drug-likeness (QED) is 0.336. The van der Waals surface area contributed by atoms with E-state index >= 15 is 0 Å². The molecule has 1 saturated carbocycles. The minimum Gasteiger partial charge on any atom is -0.472 e. The van der Waals surface area contributed by atoms with Gasteiger partial charge in [0.05, 0.1) is 18.9 Å². The Labute approximate surface area is 281 Å². The molecule has 260 valence electrons. The van der Waals surface area contributed by atoms with E-state index in [-0.39, 0.29) is 31.7 Å². The normalized spacial score (nSPS) is 26.4. The summed E-state index contributed by atoms with van der Waals surface area (Å²) < 4.78 is 38.4. The van der Waals surface area contributed by atoms with Crippen molar-refractivity contribution in [2.75, 3.05) is 18.9 Å². The van der Waals surface area contributed by atoms with E-state index in [9.17, 15) is 27.6 Å². The van der Waals surface area contributed by atoms with Gasteiger partial charge in [-0.15, -0.1) is 6.58 Å². The summed E-state index contributed by atoms with van der Waals surface area (Å²) in [4.78, 5) is 60.2. The summed E-state index contributed by atoms with van der Waals surface area (Å²) in [5.74, 6) is -2.42. The van der Waals surface area contributed by atoms with Gasteiger partial charge < -0.3 is 25.0 Å². The number of hydrogen-bond donors (Lipinski definition) is 3. The Bertz CT molecular complexity index is 1670. The molecule has 48 heavy (non-hydrogen) atoms. The van der Waals surface area contributed by atoms with Crippen molar-refractivity contribution in [1.82, 2.24) is 25.2 Å². The van der Waals surface area contributed by atoms with Crippen LogP contribution in [0.5, 0.6) is 5.88 Å². The molecule has 2 aromatic rings. The van der Waals surface area contributed by atoms with Gasteiger partial charge in [-0.05, 0) is 68.5 Å². The first-order valence-corrected chi connectivity index (χ1v) is 18.4. The SMILES string of the molecule is C=CC1C[C@]1(NC(=O)[C@@H]1C[C@@H]2CN1C(=O)[C@H](CCCC)NC(=O)OCCCCCc1ccc3ccnc(c3c1)O2)C(=O)NS(=O)(=O)CC. The van der Waals surface area contributed by atoms with E-state index in [1.54, 1.807) is 6.20 Å². The first-order valence-electron chi connectivity index (χ1n) is 16.8. The van der Waals surface area contributed by atoms with Gasteiger partial charge in [-0.1, -0.05) is 38.0 Å². The number of nitrogens with one attached hydrogen (secondary N) is 3. The molecule has 1 unspecified atom stereocenters. The summed E-state index contributed by atoms with van der Waals surface area (Å²) in [6.45, 7) is 7.34. The molecule has 1 aliphatic carbocycles. The summed E-state index contributed by atoms with van der Waals surface area (Å²) in [5, 5.41) is 7.24. The Hall–Kier alpha value is -4.20. The van der Waals surface area contributed by atoms with Gasteiger partial charge in [-0.2, -0.15) is 0 Å². The standard InChI is InChI=1S/C34H45N5O8S/c1-4-7-12-27-31(41)39-21-25(19-28(39)29(40)37-34(20-24(34)5-2)32(42)38-48(44,45)6-3)47-30-26-18-22(13-14-23(26)15-16-35-30)11-9-8-10-17-46-33(43)36-27/h5,13-16,18,24-25,27-28H,2,4,6-12,17,19-21H2,1,3H3,(H,36,43)(H,37,40)(H,38,42)/t24?,25-,27+,28+,34-/m1/s1. The highest BCUT2D eigenvalue weighted by Crippen LogP contribution is 2.45. The molecular formula is C34H45N5O8S. The third kappa shape index (κ3) is 7.91. The van der Waals surface area contributed by atoms with E-state index in [0.29, 0.717) is 25.1 Å². The van der Waals surface area contributed by atoms with Gasteiger partial charge in [0.1, 0.15) is 23.7 Å². The lowest BCUT2D eigenvalue weighted by molar-refractivity contribution is -0.141. The molecule has 2 aliphatic heterocycles. The summed E-state index contributed by atoms with van der Waals surface area (Å²) in [6, 6.07) is 5.97. The Kier molecular flexibility index (Phi) is 10.9. The Morgan fingerprint density at radius 3 is 2.73 bits per heavy atom. The van der Waals surface area contributed by atoms with Crippen LogP contribution in [-0.2, 0) is 35.6 Å². The molecule has 14 heteroatoms. The Morgan fingerprint density at radius 2 is 2.00 bits per heavy atom. The highest BCUT2D eigenvalue weighted by atomic mass is 32.2. The number of ether oxygens (including phenoxy) is 2. The van der Waals surface area contributed by atoms with Crippen molar-refractivity contribution in [2.24, 2.45) is 5.92 Å². The lowest BCUT2D eigenvalue weighted by Gasteiger charge is -2.29. The third-order valence-corrected chi connectivity index (χ3v) is 10.6. The number of rotatable bonds is 9. The molecule has 3 aliphatic rings. The first-order chi connectivity index (χ1) is 23.0. The molecular weight excluding hydrogens is 638 g/mol. The van der Waals surface area contributed by atoms with Gasteiger partial charge in [0, 0.05) is 23.9 Å². The van der Waals surface area contributed by atoms with E-state index in [4.69, 9.17) is 9.47 Å². The van der Waals surface area contributed by atoms with Gasteiger partial charge in [-0.25, -0.2) is 18.2 Å². The average molecular weight is 684 g/mol. The number of benzene rings is 1. The van der Waals surface area contributed by atoms with Crippen molar-refractivity contribution in [3.05, 3.63) is 48.7 Å². The number of hydrogen-bond acceptors (Lipinski definition) is 9. The van der Waals surface area contributed by atoms with Crippen molar-refractivity contribution in [3.63, 3.8) is 0 Å². The topological polar surface area (TPSA) is 173 Å². The zero-order valence-corrected chi connectivity index (χ0v) is 28.4. The minimum atomic E-state index is -3.90. The number of amides is 4. The number of cyclic esters (lactones) is 1. The molecule has 1 aromatic heterocycles. The third-order valence-electron chi connectivity index (χ3n) is 9.38. The smallest absolute Gasteiger partial charge is 0.407 e. The van der Waals surface area contributed by atoms with Crippen LogP contribution in [-0.4, -0.2) is 84.7 Å². The number of unbranched alkanes of at least 4 members (excludes halogenated alkanes) is 1. The molecule has 5 atom stereocenters. The fourth-order valence-electron chi connectivity index (χ4n) is 6.44. The Balaban J connectivity index is 1.47. The predicted molar refractivity (Wildman–Crippen MR) is 178 cm³/mol. The minimum absolute atomic E-state index is 0.0162. The number of aryl methyl sites for hydroxylation is 1. The number of sulfonamides is 1. The molecule has 0 radical (unpaired) electrons. The molecule has 1 saturated heterocycles. The van der Waals surface area contributed by atoms with Crippen LogP contribution in [0.25, 0.3) is 10.8 Å². The monoisotopic (exact) mass is 683 g/mol. The van der Waals surface area contributed by atoms with Crippen LogP contribution in [0.4, 0.5) is 4.79 Å². The molecule has 5 rings (SSSR count). The van der Waals surface area contributed by atoms with E-state index in [0.717, 1.165) is 42.0 Å². The number of aromatic nitrogens is 1. The zero-order valence-electron chi connectivity index (χ0n) is 27.5. The molecule has 2 fully saturated rings. The van der Waals surface area contributed by atoms with E-state index in [1.165, 1.54) is 17.9 Å². The van der Waals surface area contributed by atoms with Gasteiger partial charge >= 0.3 is 6.09 Å². The van der Waals surface area contributed by atoms with Crippen LogP contribution < -0.4 is 20.1 Å². The van der Waals surface area contributed by atoms with Crippen molar-refractivity contribution >= 4 is 44.6 Å². The molecule has 4 bridgehead atoms. The average Bonchev–Trinajstić information content (AvgIpc) is 3.63. The summed E-state index contributed by atoms with van der Waals surface area (Å²) in [6.07, 6.45) is 6.99. The van der Waals surface area contributed by atoms with Crippen molar-refractivity contribution in [1.29, 1.82) is 0 Å². The number of carbonyl (C=O) groups excluding carboxylic acids is 4. The zero-order chi connectivity index (χ0) is 34.5. The fourth-order valence-corrected chi connectivity index (χ4v) is 7.04. The van der Waals surface area contributed by atoms with E-state index < -0.39 is 63.5 Å². The molecule has 4 amide bonds. The summed E-state index contributed by atoms with van der Waals surface area (Å²) in [5.41, 5.74) is -0.424. The molecule has 0 spiro atoms. The number of fused-ring (bicyclic) bond motifs is 3. The van der Waals surface area contributed by atoms with Crippen LogP contribution in [0.15, 0.2) is 43.1 Å². The van der Waals surface area contributed by atoms with Gasteiger partial charge in [0.2, 0.25) is 27.7 Å². The van der Waals surface area contributed by atoms with Crippen molar-refractivity contribution < 1.29 is 37.1 Å². The Morgan fingerprint density at radius 1 is 1.19 bits per heavy atom. The van der Waals surface area contributed by atoms with Gasteiger partial charge in [0.25, 0.3) is 5.91 Å². The van der Waals surface area contributed by atoms with Crippen LogP contribution in [0.3, 0.4) is 0 Å². The molecule has 13 nitrogen and oxygen atoms in total. The molecule has 3 heterocycles. The highest BCUT2D eigenvalue weighted by Gasteiger charge is 2.61. The number of alkyl carbamates (subject to hydrolysis) is 1. The summed E-state index contributed by atoms with van der Waals surface area (Å²) in [7, 11) is -3.90. The van der Waals surface area contributed by atoms with Crippen LogP contribution in [0.2, 0.25) is 0 Å². The molecule has 3 N–H and O–H groups in total. The van der Waals surface area contributed by atoms with Crippen molar-refractivity contribution in [2.45, 2.75) is 95.4 Å². The fraction of sp³-hybridized carbons (Fsp3) is 0.559. The first kappa shape index (κ1) is 35.1. The second-order valence-electron chi connectivity index (χ2n) is 12.8. The maximum Gasteiger partial charge on any atom is 0.407 e. The van der Waals surface area contributed by atoms with Gasteiger partial charge in [0.15, 0.2) is 0 Å². The molecule has 1 aromatic carbocycles. The predicted octanol–water partition coefficient (Wildman–Crippen LogP) is 3.12. The lowest BCUT2D eigenvalue weighted by Crippen LogP contribution is -2.58. The maximum atomic E-state index is 14.2. The number of nitrogens with zero attached hydrogens (tertiary/aromatic N) is 2. The second-order valence-corrected chi connectivity index (χ2v) is 14.8. The second kappa shape index (κ2) is 14.9. The number of pyridine rings is 1. The van der Waals surface area contributed by atoms with Crippen LogP contribution >= 0.6 is 0 Å². The van der Waals surface area contributed by atoms with Crippen LogP contribution in [0.1, 0.15) is 70.8 Å². The lowest BCUT2D eigenvalue weighted by atomic mass is 10.0. The summed E-state index contributed by atoms with van der Waals surface area (Å²) >= 11 is 0. The van der Waals surface area contributed by atoms with E-state index in [2.05, 4.69) is 33.0 Å².